The van der Waals surface area contributed by atoms with Gasteiger partial charge in [0.05, 0.1) is 11.8 Å². The van der Waals surface area contributed by atoms with Crippen LogP contribution in [-0.2, 0) is 6.54 Å². The van der Waals surface area contributed by atoms with Crippen LogP contribution in [0.5, 0.6) is 0 Å². The number of hydrogen-bond acceptors (Lipinski definition) is 2. The second-order valence-corrected chi connectivity index (χ2v) is 7.27. The van der Waals surface area contributed by atoms with E-state index in [1.54, 1.807) is 6.20 Å². The smallest absolute Gasteiger partial charge is 0.169 e. The van der Waals surface area contributed by atoms with Gasteiger partial charge in [-0.25, -0.2) is 0 Å². The zero-order valence-corrected chi connectivity index (χ0v) is 13.4. The third kappa shape index (κ3) is 3.50. The van der Waals surface area contributed by atoms with Gasteiger partial charge in [-0.15, -0.1) is 0 Å². The number of rotatable bonds is 4. The lowest BCUT2D eigenvalue weighted by atomic mass is 9.69. The van der Waals surface area contributed by atoms with E-state index in [1.807, 2.05) is 10.9 Å². The lowest BCUT2D eigenvalue weighted by molar-refractivity contribution is 0.0819. The highest BCUT2D eigenvalue weighted by molar-refractivity contribution is 5.97. The quantitative estimate of drug-likeness (QED) is 0.767. The Kier molecular flexibility index (Phi) is 4.66. The Balaban J connectivity index is 1.94. The zero-order chi connectivity index (χ0) is 14.8. The Labute approximate surface area is 122 Å². The summed E-state index contributed by atoms with van der Waals surface area (Å²) in [7, 11) is 0. The molecule has 0 unspecified atom stereocenters. The summed E-state index contributed by atoms with van der Waals surface area (Å²) >= 11 is 0. The van der Waals surface area contributed by atoms with Gasteiger partial charge in [0.2, 0.25) is 0 Å². The van der Waals surface area contributed by atoms with E-state index in [2.05, 4.69) is 32.8 Å². The predicted octanol–water partition coefficient (Wildman–Crippen LogP) is 4.33. The number of ketones is 1. The molecule has 0 radical (unpaired) electrons. The first-order chi connectivity index (χ1) is 9.41. The van der Waals surface area contributed by atoms with Crippen molar-refractivity contribution in [2.24, 2.45) is 17.3 Å². The van der Waals surface area contributed by atoms with Crippen LogP contribution < -0.4 is 0 Å². The molecule has 0 N–H and O–H groups in total. The van der Waals surface area contributed by atoms with E-state index >= 15 is 0 Å². The summed E-state index contributed by atoms with van der Waals surface area (Å²) in [5.41, 5.74) is 1.18. The van der Waals surface area contributed by atoms with Gasteiger partial charge in [-0.05, 0) is 43.4 Å². The molecule has 0 amide bonds. The average molecular weight is 276 g/mol. The number of hydrogen-bond donors (Lipinski definition) is 0. The zero-order valence-electron chi connectivity index (χ0n) is 13.4. The molecule has 112 valence electrons. The molecule has 1 aliphatic rings. The number of aromatic nitrogens is 2. The summed E-state index contributed by atoms with van der Waals surface area (Å²) in [4.78, 5) is 12.5. The van der Waals surface area contributed by atoms with Crippen molar-refractivity contribution in [3.63, 3.8) is 0 Å². The van der Waals surface area contributed by atoms with Gasteiger partial charge in [-0.2, -0.15) is 5.10 Å². The van der Waals surface area contributed by atoms with Crippen molar-refractivity contribution >= 4 is 5.78 Å². The largest absolute Gasteiger partial charge is 0.294 e. The second kappa shape index (κ2) is 6.11. The lowest BCUT2D eigenvalue weighted by Crippen LogP contribution is -2.28. The third-order valence-electron chi connectivity index (χ3n) is 4.69. The monoisotopic (exact) mass is 276 g/mol. The normalized spacial score (nSPS) is 23.8. The van der Waals surface area contributed by atoms with Gasteiger partial charge in [0.15, 0.2) is 5.78 Å². The molecule has 0 atom stereocenters. The van der Waals surface area contributed by atoms with Crippen LogP contribution in [0.3, 0.4) is 0 Å². The van der Waals surface area contributed by atoms with Gasteiger partial charge in [-0.3, -0.25) is 9.48 Å². The minimum atomic E-state index is 0.216. The molecular formula is C17H28N2O. The van der Waals surface area contributed by atoms with Crippen molar-refractivity contribution in [3.8, 4) is 0 Å². The van der Waals surface area contributed by atoms with Crippen molar-refractivity contribution in [2.45, 2.75) is 66.3 Å². The average Bonchev–Trinajstić information content (AvgIpc) is 2.86. The van der Waals surface area contributed by atoms with Crippen LogP contribution in [0.15, 0.2) is 12.4 Å². The molecule has 20 heavy (non-hydrogen) atoms. The number of carbonyl (C=O) groups excluding carboxylic acids is 1. The Morgan fingerprint density at radius 3 is 2.50 bits per heavy atom. The van der Waals surface area contributed by atoms with Crippen LogP contribution in [0.25, 0.3) is 0 Å². The van der Waals surface area contributed by atoms with Crippen molar-refractivity contribution in [3.05, 3.63) is 18.0 Å². The second-order valence-electron chi connectivity index (χ2n) is 7.27. The van der Waals surface area contributed by atoms with Gasteiger partial charge < -0.3 is 0 Å². The first-order valence-electron chi connectivity index (χ1n) is 7.98. The SMILES string of the molecule is CCCn1cc(C(=O)C2CCC(C(C)(C)C)CC2)cn1. The maximum absolute atomic E-state index is 12.5. The number of aryl methyl sites for hydroxylation is 1. The first kappa shape index (κ1) is 15.3. The van der Waals surface area contributed by atoms with Crippen molar-refractivity contribution in [1.29, 1.82) is 0 Å². The molecule has 1 fully saturated rings. The number of nitrogens with zero attached hydrogens (tertiary/aromatic N) is 2. The molecule has 1 aromatic rings. The fourth-order valence-electron chi connectivity index (χ4n) is 3.30. The van der Waals surface area contributed by atoms with Gasteiger partial charge in [0.1, 0.15) is 0 Å². The summed E-state index contributed by atoms with van der Waals surface area (Å²) in [6.07, 6.45) is 9.16. The lowest BCUT2D eigenvalue weighted by Gasteiger charge is -2.36. The maximum atomic E-state index is 12.5. The highest BCUT2D eigenvalue weighted by atomic mass is 16.1. The fraction of sp³-hybridized carbons (Fsp3) is 0.765. The molecule has 0 aliphatic heterocycles. The van der Waals surface area contributed by atoms with Crippen molar-refractivity contribution in [2.75, 3.05) is 0 Å². The van der Waals surface area contributed by atoms with E-state index in [9.17, 15) is 4.79 Å². The highest BCUT2D eigenvalue weighted by Crippen LogP contribution is 2.40. The molecule has 0 bridgehead atoms. The predicted molar refractivity (Wildman–Crippen MR) is 81.8 cm³/mol. The van der Waals surface area contributed by atoms with Crippen molar-refractivity contribution in [1.82, 2.24) is 9.78 Å². The number of carbonyl (C=O) groups is 1. The van der Waals surface area contributed by atoms with Crippen LogP contribution in [-0.4, -0.2) is 15.6 Å². The van der Waals surface area contributed by atoms with E-state index < -0.39 is 0 Å². The Bertz CT molecular complexity index is 448. The Morgan fingerprint density at radius 2 is 1.95 bits per heavy atom. The van der Waals surface area contributed by atoms with Crippen LogP contribution in [0.4, 0.5) is 0 Å². The molecule has 0 aromatic carbocycles. The molecule has 0 spiro atoms. The minimum absolute atomic E-state index is 0.216. The fourth-order valence-corrected chi connectivity index (χ4v) is 3.30. The van der Waals surface area contributed by atoms with Crippen LogP contribution in [0, 0.1) is 17.3 Å². The van der Waals surface area contributed by atoms with Crippen LogP contribution >= 0.6 is 0 Å². The van der Waals surface area contributed by atoms with Crippen LogP contribution in [0.1, 0.15) is 70.2 Å². The van der Waals surface area contributed by atoms with E-state index in [1.165, 1.54) is 12.8 Å². The van der Waals surface area contributed by atoms with Crippen molar-refractivity contribution < 1.29 is 4.79 Å². The molecule has 1 aromatic heterocycles. The molecular weight excluding hydrogens is 248 g/mol. The molecule has 2 rings (SSSR count). The molecule has 0 saturated heterocycles. The summed E-state index contributed by atoms with van der Waals surface area (Å²) < 4.78 is 1.88. The molecule has 3 nitrogen and oxygen atoms in total. The first-order valence-corrected chi connectivity index (χ1v) is 7.98. The Morgan fingerprint density at radius 1 is 1.30 bits per heavy atom. The summed E-state index contributed by atoms with van der Waals surface area (Å²) in [6.45, 7) is 9.96. The van der Waals surface area contributed by atoms with Gasteiger partial charge in [-0.1, -0.05) is 27.7 Å². The van der Waals surface area contributed by atoms with Gasteiger partial charge in [0.25, 0.3) is 0 Å². The summed E-state index contributed by atoms with van der Waals surface area (Å²) in [5, 5.41) is 4.27. The summed E-state index contributed by atoms with van der Waals surface area (Å²) in [6, 6.07) is 0. The van der Waals surface area contributed by atoms with Gasteiger partial charge in [0, 0.05) is 18.7 Å². The molecule has 1 saturated carbocycles. The molecule has 1 heterocycles. The summed E-state index contributed by atoms with van der Waals surface area (Å²) in [5.74, 6) is 1.28. The Hall–Kier alpha value is -1.12. The molecule has 1 aliphatic carbocycles. The maximum Gasteiger partial charge on any atom is 0.169 e. The topological polar surface area (TPSA) is 34.9 Å². The standard InChI is InChI=1S/C17H28N2O/c1-5-10-19-12-14(11-18-19)16(20)13-6-8-15(9-7-13)17(2,3)4/h11-13,15H,5-10H2,1-4H3. The van der Waals surface area contributed by atoms with Gasteiger partial charge >= 0.3 is 0 Å². The number of Topliss-reactive ketones (excluding diaryl/α,β-unsaturated/α-hetero) is 1. The van der Waals surface area contributed by atoms with E-state index in [0.29, 0.717) is 11.2 Å². The van der Waals surface area contributed by atoms with E-state index in [0.717, 1.165) is 37.3 Å². The van der Waals surface area contributed by atoms with Crippen LogP contribution in [0.2, 0.25) is 0 Å². The van der Waals surface area contributed by atoms with E-state index in [4.69, 9.17) is 0 Å². The third-order valence-corrected chi connectivity index (χ3v) is 4.69. The molecule has 3 heteroatoms. The van der Waals surface area contributed by atoms with E-state index in [-0.39, 0.29) is 5.92 Å². The highest BCUT2D eigenvalue weighted by Gasteiger charge is 2.32. The minimum Gasteiger partial charge on any atom is -0.294 e.